The number of rotatable bonds is 5. The lowest BCUT2D eigenvalue weighted by Gasteiger charge is -2.13. The zero-order valence-electron chi connectivity index (χ0n) is 12.0. The number of methoxy groups -OCH3 is 1. The van der Waals surface area contributed by atoms with Crippen LogP contribution in [0.3, 0.4) is 0 Å². The molecule has 0 N–H and O–H groups in total. The van der Waals surface area contributed by atoms with Crippen LogP contribution >= 0.6 is 0 Å². The number of benzene rings is 2. The molecule has 0 bridgehead atoms. The summed E-state index contributed by atoms with van der Waals surface area (Å²) in [7, 11) is 1.65. The van der Waals surface area contributed by atoms with E-state index in [1.807, 2.05) is 50.2 Å². The minimum Gasteiger partial charge on any atom is -0.497 e. The van der Waals surface area contributed by atoms with Gasteiger partial charge in [0.15, 0.2) is 0 Å². The largest absolute Gasteiger partial charge is 0.497 e. The van der Waals surface area contributed by atoms with Gasteiger partial charge in [0, 0.05) is 5.56 Å². The topological polar surface area (TPSA) is 35.5 Å². The van der Waals surface area contributed by atoms with Gasteiger partial charge in [-0.2, -0.15) is 0 Å². The number of ether oxygens (including phenoxy) is 2. The smallest absolute Gasteiger partial charge is 0.150 e. The molecule has 0 aromatic heterocycles. The molecular weight excluding hydrogens is 252 g/mol. The highest BCUT2D eigenvalue weighted by molar-refractivity contribution is 5.76. The molecule has 0 saturated heterocycles. The van der Waals surface area contributed by atoms with Crippen LogP contribution in [0.15, 0.2) is 36.4 Å². The van der Waals surface area contributed by atoms with Gasteiger partial charge < -0.3 is 9.47 Å². The third-order valence-corrected chi connectivity index (χ3v) is 3.16. The molecular formula is C17H18O3. The van der Waals surface area contributed by atoms with Crippen molar-refractivity contribution < 1.29 is 14.3 Å². The van der Waals surface area contributed by atoms with E-state index in [0.29, 0.717) is 12.2 Å². The summed E-state index contributed by atoms with van der Waals surface area (Å²) in [5.74, 6) is 1.67. The van der Waals surface area contributed by atoms with E-state index in [4.69, 9.17) is 9.47 Å². The molecule has 0 radical (unpaired) electrons. The molecule has 0 saturated carbocycles. The first kappa shape index (κ1) is 14.1. The summed E-state index contributed by atoms with van der Waals surface area (Å²) in [5.41, 5.74) is 3.70. The van der Waals surface area contributed by atoms with Crippen molar-refractivity contribution in [1.29, 1.82) is 0 Å². The van der Waals surface area contributed by atoms with Gasteiger partial charge in [0.2, 0.25) is 0 Å². The fourth-order valence-corrected chi connectivity index (χ4v) is 2.16. The first-order valence-corrected chi connectivity index (χ1v) is 6.46. The van der Waals surface area contributed by atoms with E-state index in [0.717, 1.165) is 34.5 Å². The van der Waals surface area contributed by atoms with Gasteiger partial charge in [-0.3, -0.25) is 4.79 Å². The van der Waals surface area contributed by atoms with E-state index >= 15 is 0 Å². The highest BCUT2D eigenvalue weighted by Crippen LogP contribution is 2.25. The summed E-state index contributed by atoms with van der Waals surface area (Å²) in [6.07, 6.45) is 0.854. The van der Waals surface area contributed by atoms with Crippen LogP contribution in [0.2, 0.25) is 0 Å². The lowest BCUT2D eigenvalue weighted by molar-refractivity contribution is 0.112. The molecule has 0 fully saturated rings. The summed E-state index contributed by atoms with van der Waals surface area (Å²) in [5, 5.41) is 0. The van der Waals surface area contributed by atoms with Gasteiger partial charge >= 0.3 is 0 Å². The lowest BCUT2D eigenvalue weighted by atomic mass is 10.1. The molecule has 0 atom stereocenters. The first-order valence-electron chi connectivity index (χ1n) is 6.46. The monoisotopic (exact) mass is 270 g/mol. The van der Waals surface area contributed by atoms with E-state index in [2.05, 4.69) is 0 Å². The second-order valence-corrected chi connectivity index (χ2v) is 4.74. The second kappa shape index (κ2) is 6.24. The average Bonchev–Trinajstić information content (AvgIpc) is 2.46. The fourth-order valence-electron chi connectivity index (χ4n) is 2.16. The molecule has 2 rings (SSSR count). The van der Waals surface area contributed by atoms with Gasteiger partial charge in [0.1, 0.15) is 24.4 Å². The number of hydrogen-bond acceptors (Lipinski definition) is 3. The maximum absolute atomic E-state index is 10.8. The molecule has 2 aromatic rings. The molecule has 0 spiro atoms. The van der Waals surface area contributed by atoms with Gasteiger partial charge in [-0.05, 0) is 54.8 Å². The predicted octanol–water partition coefficient (Wildman–Crippen LogP) is 3.70. The summed E-state index contributed by atoms with van der Waals surface area (Å²) in [6, 6.07) is 11.4. The van der Waals surface area contributed by atoms with Crippen LogP contribution in [-0.2, 0) is 6.61 Å². The van der Waals surface area contributed by atoms with E-state index in [9.17, 15) is 4.79 Å². The Bertz CT molecular complexity index is 577. The maximum atomic E-state index is 10.8. The van der Waals surface area contributed by atoms with Crippen LogP contribution in [0, 0.1) is 13.8 Å². The Hall–Kier alpha value is -2.29. The van der Waals surface area contributed by atoms with Crippen molar-refractivity contribution in [2.75, 3.05) is 7.11 Å². The van der Waals surface area contributed by atoms with Crippen LogP contribution in [0.4, 0.5) is 0 Å². The predicted molar refractivity (Wildman–Crippen MR) is 78.6 cm³/mol. The molecule has 0 aliphatic carbocycles. The van der Waals surface area contributed by atoms with E-state index in [1.165, 1.54) is 0 Å². The van der Waals surface area contributed by atoms with Gasteiger partial charge in [-0.1, -0.05) is 12.1 Å². The van der Waals surface area contributed by atoms with Crippen LogP contribution < -0.4 is 9.47 Å². The van der Waals surface area contributed by atoms with E-state index in [1.54, 1.807) is 7.11 Å². The van der Waals surface area contributed by atoms with Crippen LogP contribution in [0.1, 0.15) is 27.0 Å². The Kier molecular flexibility index (Phi) is 4.41. The number of aldehydes is 1. The Morgan fingerprint density at radius 1 is 1.05 bits per heavy atom. The fraction of sp³-hybridized carbons (Fsp3) is 0.235. The summed E-state index contributed by atoms with van der Waals surface area (Å²) >= 11 is 0. The highest BCUT2D eigenvalue weighted by Gasteiger charge is 2.06. The van der Waals surface area contributed by atoms with Crippen molar-refractivity contribution in [2.45, 2.75) is 20.5 Å². The van der Waals surface area contributed by atoms with Crippen molar-refractivity contribution in [3.8, 4) is 11.5 Å². The molecule has 0 aliphatic heterocycles. The van der Waals surface area contributed by atoms with Crippen LogP contribution in [0.25, 0.3) is 0 Å². The molecule has 0 aliphatic rings. The third-order valence-electron chi connectivity index (χ3n) is 3.16. The summed E-state index contributed by atoms with van der Waals surface area (Å²) in [4.78, 5) is 10.8. The Morgan fingerprint density at radius 2 is 1.65 bits per heavy atom. The molecule has 0 amide bonds. The quantitative estimate of drug-likeness (QED) is 0.777. The molecule has 3 nitrogen and oxygen atoms in total. The first-order chi connectivity index (χ1) is 9.63. The Labute approximate surface area is 119 Å². The molecule has 104 valence electrons. The molecule has 3 heteroatoms. The number of carbonyl (C=O) groups excluding carboxylic acids is 1. The van der Waals surface area contributed by atoms with E-state index < -0.39 is 0 Å². The number of aryl methyl sites for hydroxylation is 2. The molecule has 2 aromatic carbocycles. The molecule has 0 unspecified atom stereocenters. The zero-order chi connectivity index (χ0) is 14.5. The number of carbonyl (C=O) groups is 1. The van der Waals surface area contributed by atoms with Crippen molar-refractivity contribution in [3.63, 3.8) is 0 Å². The van der Waals surface area contributed by atoms with Crippen molar-refractivity contribution in [3.05, 3.63) is 58.7 Å². The van der Waals surface area contributed by atoms with Gasteiger partial charge in [0.05, 0.1) is 7.11 Å². The normalized spacial score (nSPS) is 10.2. The number of hydrogen-bond donors (Lipinski definition) is 0. The lowest BCUT2D eigenvalue weighted by Crippen LogP contribution is -2.00. The zero-order valence-corrected chi connectivity index (χ0v) is 12.0. The van der Waals surface area contributed by atoms with Crippen LogP contribution in [-0.4, -0.2) is 13.4 Å². The van der Waals surface area contributed by atoms with Gasteiger partial charge in [0.25, 0.3) is 0 Å². The highest BCUT2D eigenvalue weighted by atomic mass is 16.5. The molecule has 0 heterocycles. The Morgan fingerprint density at radius 3 is 2.15 bits per heavy atom. The maximum Gasteiger partial charge on any atom is 0.150 e. The van der Waals surface area contributed by atoms with Crippen molar-refractivity contribution in [1.82, 2.24) is 0 Å². The third kappa shape index (κ3) is 3.18. The Balaban J connectivity index is 2.12. The van der Waals surface area contributed by atoms with Gasteiger partial charge in [-0.15, -0.1) is 0 Å². The molecule has 20 heavy (non-hydrogen) atoms. The average molecular weight is 270 g/mol. The van der Waals surface area contributed by atoms with Crippen LogP contribution in [0.5, 0.6) is 11.5 Å². The SMILES string of the molecule is COc1ccc(COc2c(C)cc(C=O)cc2C)cc1. The summed E-state index contributed by atoms with van der Waals surface area (Å²) < 4.78 is 11.0. The van der Waals surface area contributed by atoms with Gasteiger partial charge in [-0.25, -0.2) is 0 Å². The minimum atomic E-state index is 0.492. The second-order valence-electron chi connectivity index (χ2n) is 4.74. The van der Waals surface area contributed by atoms with Crippen molar-refractivity contribution >= 4 is 6.29 Å². The standard InChI is InChI=1S/C17H18O3/c1-12-8-15(10-18)9-13(2)17(12)20-11-14-4-6-16(19-3)7-5-14/h4-10H,11H2,1-3H3. The van der Waals surface area contributed by atoms with Crippen molar-refractivity contribution in [2.24, 2.45) is 0 Å². The minimum absolute atomic E-state index is 0.492. The summed E-state index contributed by atoms with van der Waals surface area (Å²) in [6.45, 7) is 4.39. The van der Waals surface area contributed by atoms with E-state index in [-0.39, 0.29) is 0 Å².